The molecule has 0 aliphatic rings. The second-order valence-electron chi connectivity index (χ2n) is 0. The fraction of sp³-hybridized carbons (Fsp3) is 1.00. The van der Waals surface area contributed by atoms with Crippen LogP contribution in [0.25, 0.3) is 0 Å². The molecule has 0 saturated carbocycles. The third kappa shape index (κ3) is 30.1. The Kier molecular flexibility index (Phi) is 160. The van der Waals surface area contributed by atoms with Crippen LogP contribution in [-0.4, -0.2) is 63.1 Å². The second-order valence-corrected chi connectivity index (χ2v) is 0. The predicted molar refractivity (Wildman–Crippen MR) is 17.6 cm³/mol. The minimum atomic E-state index is 0. The Morgan fingerprint density at radius 2 is 0.800 bits per heavy atom. The van der Waals surface area contributed by atoms with Crippen molar-refractivity contribution in [2.24, 2.45) is 0 Å². The molecule has 0 atom stereocenters. The van der Waals surface area contributed by atoms with Crippen molar-refractivity contribution in [2.45, 2.75) is 0 Å². The van der Waals surface area contributed by atoms with Crippen LogP contribution in [0, 0.1) is 0 Å². The van der Waals surface area contributed by atoms with Gasteiger partial charge in [0.25, 0.3) is 0 Å². The Bertz CT molecular complexity index is 7.61. The number of hydrogen-bond acceptors (Lipinski definition) is 2. The third-order valence-electron chi connectivity index (χ3n) is 0. The summed E-state index contributed by atoms with van der Waals surface area (Å²) in [6, 6.07) is 0. The Morgan fingerprint density at radius 3 is 0.800 bits per heavy atom. The van der Waals surface area contributed by atoms with Crippen molar-refractivity contribution in [1.29, 1.82) is 0 Å². The van der Waals surface area contributed by atoms with Gasteiger partial charge in [0.2, 0.25) is 0 Å². The van der Waals surface area contributed by atoms with E-state index in [1.54, 1.807) is 0 Å². The molecular weight excluding hydrogens is 193 g/mol. The van der Waals surface area contributed by atoms with Crippen molar-refractivity contribution in [3.05, 3.63) is 0 Å². The zero-order chi connectivity index (χ0) is 4.00. The van der Waals surface area contributed by atoms with E-state index < -0.39 is 0 Å². The fourth-order valence-electron chi connectivity index (χ4n) is 0. The predicted octanol–water partition coefficient (Wildman–Crippen LogP) is -2.43. The van der Waals surface area contributed by atoms with E-state index in [2.05, 4.69) is 0 Å². The summed E-state index contributed by atoms with van der Waals surface area (Å²) in [4.78, 5) is 0. The largest absolute Gasteiger partial charge is 2.00 e. The van der Waals surface area contributed by atoms with Crippen molar-refractivity contribution in [3.63, 3.8) is 0 Å². The molecule has 3 heteroatoms. The maximum atomic E-state index is 8.25. The Hall–Kier alpha value is 1.49. The first kappa shape index (κ1) is 16.1. The molecule has 0 amide bonds. The van der Waals surface area contributed by atoms with Crippen LogP contribution in [0.2, 0.25) is 0 Å². The van der Waals surface area contributed by atoms with E-state index in [0.29, 0.717) is 0 Å². The van der Waals surface area contributed by atoms with E-state index in [0.717, 1.165) is 14.2 Å². The van der Waals surface area contributed by atoms with E-state index >= 15 is 0 Å². The summed E-state index contributed by atoms with van der Waals surface area (Å²) in [6.45, 7) is 0. The molecule has 0 bridgehead atoms. The molecule has 5 heavy (non-hydrogen) atoms. The SMILES string of the molecule is C[O-].C[O-].[Ba+2]. The minimum absolute atomic E-state index is 0. The Labute approximate surface area is 72.3 Å². The van der Waals surface area contributed by atoms with Crippen molar-refractivity contribution < 1.29 is 10.2 Å². The molecule has 0 aliphatic heterocycles. The minimum Gasteiger partial charge on any atom is -0.857 e. The molecule has 0 aliphatic carbocycles. The smallest absolute Gasteiger partial charge is 0.857 e. The summed E-state index contributed by atoms with van der Waals surface area (Å²) in [5.74, 6) is 0. The molecule has 0 N–H and O–H groups in total. The molecular formula is C2H6BaO2. The van der Waals surface area contributed by atoms with Gasteiger partial charge in [-0.25, -0.2) is 0 Å². The summed E-state index contributed by atoms with van der Waals surface area (Å²) < 4.78 is 0. The third-order valence-corrected chi connectivity index (χ3v) is 0. The Morgan fingerprint density at radius 1 is 0.800 bits per heavy atom. The van der Waals surface area contributed by atoms with Crippen LogP contribution in [-0.2, 0) is 0 Å². The standard InChI is InChI=1S/2CH3O.Ba/c2*1-2;/h2*1H3;/q2*-1;+2. The summed E-state index contributed by atoms with van der Waals surface area (Å²) >= 11 is 0. The zero-order valence-electron chi connectivity index (χ0n) is 3.52. The van der Waals surface area contributed by atoms with Gasteiger partial charge in [0.15, 0.2) is 0 Å². The summed E-state index contributed by atoms with van der Waals surface area (Å²) in [7, 11) is 1.50. The molecule has 0 aromatic rings. The molecule has 0 unspecified atom stereocenters. The van der Waals surface area contributed by atoms with Gasteiger partial charge < -0.3 is 10.2 Å². The van der Waals surface area contributed by atoms with Crippen molar-refractivity contribution in [1.82, 2.24) is 0 Å². The van der Waals surface area contributed by atoms with Crippen molar-refractivity contribution in [2.75, 3.05) is 14.2 Å². The molecule has 2 nitrogen and oxygen atoms in total. The quantitative estimate of drug-likeness (QED) is 0.407. The van der Waals surface area contributed by atoms with Gasteiger partial charge in [-0.1, -0.05) is 0 Å². The average molecular weight is 199 g/mol. The summed E-state index contributed by atoms with van der Waals surface area (Å²) in [5, 5.41) is 16.5. The van der Waals surface area contributed by atoms with E-state index in [9.17, 15) is 0 Å². The topological polar surface area (TPSA) is 46.1 Å². The van der Waals surface area contributed by atoms with Gasteiger partial charge in [-0.2, -0.15) is 14.2 Å². The summed E-state index contributed by atoms with van der Waals surface area (Å²) in [6.07, 6.45) is 0. The van der Waals surface area contributed by atoms with Crippen LogP contribution in [0.15, 0.2) is 0 Å². The molecule has 0 heterocycles. The van der Waals surface area contributed by atoms with Gasteiger partial charge in [0.05, 0.1) is 0 Å². The fourth-order valence-corrected chi connectivity index (χ4v) is 0. The molecule has 0 fully saturated rings. The molecule has 28 valence electrons. The van der Waals surface area contributed by atoms with Crippen LogP contribution >= 0.6 is 0 Å². The van der Waals surface area contributed by atoms with Crippen LogP contribution in [0.3, 0.4) is 0 Å². The van der Waals surface area contributed by atoms with Gasteiger partial charge in [0.1, 0.15) is 0 Å². The first-order chi connectivity index (χ1) is 2.00. The maximum absolute atomic E-state index is 8.25. The van der Waals surface area contributed by atoms with E-state index in [1.807, 2.05) is 0 Å². The van der Waals surface area contributed by atoms with Crippen LogP contribution in [0.5, 0.6) is 0 Å². The zero-order valence-corrected chi connectivity index (χ0v) is 7.96. The maximum Gasteiger partial charge on any atom is 2.00 e. The van der Waals surface area contributed by atoms with Gasteiger partial charge >= 0.3 is 48.9 Å². The number of rotatable bonds is 0. The first-order valence-corrected chi connectivity index (χ1v) is 0.816. The molecule has 0 spiro atoms. The molecule has 0 saturated heterocycles. The number of hydrogen-bond donors (Lipinski definition) is 0. The van der Waals surface area contributed by atoms with E-state index in [1.165, 1.54) is 0 Å². The van der Waals surface area contributed by atoms with Crippen molar-refractivity contribution in [3.8, 4) is 0 Å². The van der Waals surface area contributed by atoms with E-state index in [4.69, 9.17) is 10.2 Å². The van der Waals surface area contributed by atoms with E-state index in [-0.39, 0.29) is 48.9 Å². The van der Waals surface area contributed by atoms with Gasteiger partial charge in [-0.05, 0) is 0 Å². The molecule has 0 aromatic heterocycles. The molecule has 0 radical (unpaired) electrons. The van der Waals surface area contributed by atoms with Crippen molar-refractivity contribution >= 4 is 48.9 Å². The van der Waals surface area contributed by atoms with Crippen LogP contribution in [0.1, 0.15) is 0 Å². The molecule has 0 aromatic carbocycles. The normalized spacial score (nSPS) is 2.40. The van der Waals surface area contributed by atoms with Gasteiger partial charge in [-0.3, -0.25) is 0 Å². The van der Waals surface area contributed by atoms with Gasteiger partial charge in [0, 0.05) is 0 Å². The first-order valence-electron chi connectivity index (χ1n) is 0.816. The summed E-state index contributed by atoms with van der Waals surface area (Å²) in [5.41, 5.74) is 0. The molecule has 0 rings (SSSR count). The van der Waals surface area contributed by atoms with Gasteiger partial charge in [-0.15, -0.1) is 0 Å². The second kappa shape index (κ2) is 49.8. The monoisotopic (exact) mass is 200 g/mol. The van der Waals surface area contributed by atoms with Crippen LogP contribution in [0.4, 0.5) is 0 Å². The Balaban J connectivity index is -0.0000000133. The average Bonchev–Trinajstić information content (AvgIpc) is 1.50. The van der Waals surface area contributed by atoms with Crippen LogP contribution < -0.4 is 10.2 Å².